The molecule has 2 N–H and O–H groups in total. The minimum absolute atomic E-state index is 0.0499. The van der Waals surface area contributed by atoms with Crippen molar-refractivity contribution in [1.82, 2.24) is 25.2 Å². The molecule has 0 bridgehead atoms. The van der Waals surface area contributed by atoms with Crippen LogP contribution in [0.25, 0.3) is 16.5 Å². The number of para-hydroxylation sites is 1. The lowest BCUT2D eigenvalue weighted by atomic mass is 9.99. The zero-order chi connectivity index (χ0) is 18.6. The number of aromatic amines is 1. The minimum Gasteiger partial charge on any atom is -0.361 e. The summed E-state index contributed by atoms with van der Waals surface area (Å²) in [7, 11) is 0. The van der Waals surface area contributed by atoms with Crippen molar-refractivity contribution in [3.05, 3.63) is 66.4 Å². The SMILES string of the molecule is O=C(NCC(=O)N1CC=C(c2c[nH]c3ccccc23)CC1)c1cnccn1. The Morgan fingerprint density at radius 1 is 1.22 bits per heavy atom. The molecule has 0 atom stereocenters. The first-order valence-electron chi connectivity index (χ1n) is 8.80. The number of hydrogen-bond donors (Lipinski definition) is 2. The van der Waals surface area contributed by atoms with E-state index in [4.69, 9.17) is 0 Å². The number of aromatic nitrogens is 3. The van der Waals surface area contributed by atoms with Crippen LogP contribution in [0.1, 0.15) is 22.5 Å². The fourth-order valence-electron chi connectivity index (χ4n) is 3.25. The summed E-state index contributed by atoms with van der Waals surface area (Å²) in [5.41, 5.74) is 3.73. The lowest BCUT2D eigenvalue weighted by Gasteiger charge is -2.26. The van der Waals surface area contributed by atoms with Crippen LogP contribution in [0.4, 0.5) is 0 Å². The number of nitrogens with zero attached hydrogens (tertiary/aromatic N) is 3. The van der Waals surface area contributed by atoms with E-state index in [9.17, 15) is 9.59 Å². The number of fused-ring (bicyclic) bond motifs is 1. The lowest BCUT2D eigenvalue weighted by molar-refractivity contribution is -0.129. The number of amides is 2. The van der Waals surface area contributed by atoms with E-state index in [-0.39, 0.29) is 18.1 Å². The highest BCUT2D eigenvalue weighted by Crippen LogP contribution is 2.29. The van der Waals surface area contributed by atoms with Gasteiger partial charge in [0.2, 0.25) is 5.91 Å². The van der Waals surface area contributed by atoms with Crippen LogP contribution in [-0.2, 0) is 4.79 Å². The van der Waals surface area contributed by atoms with Gasteiger partial charge in [-0.2, -0.15) is 0 Å². The molecule has 4 rings (SSSR count). The first-order chi connectivity index (χ1) is 13.2. The highest BCUT2D eigenvalue weighted by molar-refractivity contribution is 5.95. The summed E-state index contributed by atoms with van der Waals surface area (Å²) in [5.74, 6) is -0.509. The van der Waals surface area contributed by atoms with Crippen LogP contribution >= 0.6 is 0 Å². The quantitative estimate of drug-likeness (QED) is 0.744. The van der Waals surface area contributed by atoms with Crippen molar-refractivity contribution in [1.29, 1.82) is 0 Å². The van der Waals surface area contributed by atoms with Gasteiger partial charge in [-0.05, 0) is 18.1 Å². The third-order valence-electron chi connectivity index (χ3n) is 4.69. The fourth-order valence-corrected chi connectivity index (χ4v) is 3.25. The van der Waals surface area contributed by atoms with Crippen molar-refractivity contribution in [2.24, 2.45) is 0 Å². The number of carbonyl (C=O) groups is 2. The number of benzene rings is 1. The molecule has 7 nitrogen and oxygen atoms in total. The van der Waals surface area contributed by atoms with Gasteiger partial charge in [0.05, 0.1) is 12.7 Å². The maximum absolute atomic E-state index is 12.4. The van der Waals surface area contributed by atoms with Gasteiger partial charge in [-0.25, -0.2) is 4.98 Å². The van der Waals surface area contributed by atoms with Gasteiger partial charge in [0, 0.05) is 48.1 Å². The first-order valence-corrected chi connectivity index (χ1v) is 8.80. The largest absolute Gasteiger partial charge is 0.361 e. The van der Waals surface area contributed by atoms with Crippen LogP contribution in [0.2, 0.25) is 0 Å². The van der Waals surface area contributed by atoms with Crippen molar-refractivity contribution >= 4 is 28.3 Å². The lowest BCUT2D eigenvalue weighted by Crippen LogP contribution is -2.42. The highest BCUT2D eigenvalue weighted by atomic mass is 16.2. The summed E-state index contributed by atoms with van der Waals surface area (Å²) in [4.78, 5) is 37.1. The van der Waals surface area contributed by atoms with E-state index in [1.807, 2.05) is 18.3 Å². The molecule has 0 spiro atoms. The molecular weight excluding hydrogens is 342 g/mol. The molecule has 0 aliphatic carbocycles. The van der Waals surface area contributed by atoms with Crippen molar-refractivity contribution in [3.8, 4) is 0 Å². The Balaban J connectivity index is 1.37. The normalized spacial score (nSPS) is 14.1. The molecule has 0 unspecified atom stereocenters. The van der Waals surface area contributed by atoms with Gasteiger partial charge in [-0.15, -0.1) is 0 Å². The summed E-state index contributed by atoms with van der Waals surface area (Å²) in [6.07, 6.45) is 9.20. The minimum atomic E-state index is -0.400. The van der Waals surface area contributed by atoms with E-state index in [1.54, 1.807) is 4.90 Å². The summed E-state index contributed by atoms with van der Waals surface area (Å²) < 4.78 is 0. The van der Waals surface area contributed by atoms with E-state index in [1.165, 1.54) is 35.1 Å². The Morgan fingerprint density at radius 2 is 2.11 bits per heavy atom. The van der Waals surface area contributed by atoms with Crippen molar-refractivity contribution in [2.75, 3.05) is 19.6 Å². The second-order valence-corrected chi connectivity index (χ2v) is 6.34. The predicted molar refractivity (Wildman–Crippen MR) is 102 cm³/mol. The molecule has 1 aromatic carbocycles. The zero-order valence-corrected chi connectivity index (χ0v) is 14.7. The molecule has 27 heavy (non-hydrogen) atoms. The Morgan fingerprint density at radius 3 is 2.89 bits per heavy atom. The number of nitrogens with one attached hydrogen (secondary N) is 2. The molecule has 0 radical (unpaired) electrons. The molecule has 1 aliphatic rings. The van der Waals surface area contributed by atoms with Crippen LogP contribution in [0.3, 0.4) is 0 Å². The Hall–Kier alpha value is -3.48. The highest BCUT2D eigenvalue weighted by Gasteiger charge is 2.20. The van der Waals surface area contributed by atoms with Gasteiger partial charge in [0.25, 0.3) is 5.91 Å². The van der Waals surface area contributed by atoms with Gasteiger partial charge < -0.3 is 15.2 Å². The zero-order valence-electron chi connectivity index (χ0n) is 14.7. The van der Waals surface area contributed by atoms with Crippen LogP contribution in [0.15, 0.2) is 55.1 Å². The van der Waals surface area contributed by atoms with Crippen LogP contribution < -0.4 is 5.32 Å². The molecule has 7 heteroatoms. The molecular formula is C20H19N5O2. The van der Waals surface area contributed by atoms with Crippen LogP contribution in [0, 0.1) is 0 Å². The predicted octanol–water partition coefficient (Wildman–Crippen LogP) is 2.00. The monoisotopic (exact) mass is 361 g/mol. The number of carbonyl (C=O) groups excluding carboxylic acids is 2. The average molecular weight is 361 g/mol. The van der Waals surface area contributed by atoms with Crippen LogP contribution in [0.5, 0.6) is 0 Å². The van der Waals surface area contributed by atoms with Gasteiger partial charge >= 0.3 is 0 Å². The first kappa shape index (κ1) is 17.0. The summed E-state index contributed by atoms with van der Waals surface area (Å²) in [6, 6.07) is 8.19. The summed E-state index contributed by atoms with van der Waals surface area (Å²) >= 11 is 0. The van der Waals surface area contributed by atoms with Crippen LogP contribution in [-0.4, -0.2) is 51.3 Å². The topological polar surface area (TPSA) is 91.0 Å². The van der Waals surface area contributed by atoms with E-state index >= 15 is 0 Å². The van der Waals surface area contributed by atoms with E-state index < -0.39 is 5.91 Å². The third kappa shape index (κ3) is 3.57. The second-order valence-electron chi connectivity index (χ2n) is 6.34. The van der Waals surface area contributed by atoms with Crippen molar-refractivity contribution in [3.63, 3.8) is 0 Å². The van der Waals surface area contributed by atoms with E-state index in [0.717, 1.165) is 11.9 Å². The molecule has 2 amide bonds. The third-order valence-corrected chi connectivity index (χ3v) is 4.69. The molecule has 136 valence electrons. The molecule has 3 heterocycles. The van der Waals surface area contributed by atoms with Gasteiger partial charge in [0.1, 0.15) is 5.69 Å². The number of hydrogen-bond acceptors (Lipinski definition) is 4. The summed E-state index contributed by atoms with van der Waals surface area (Å²) in [5, 5.41) is 3.79. The number of rotatable bonds is 4. The number of H-pyrrole nitrogens is 1. The Bertz CT molecular complexity index is 1010. The fraction of sp³-hybridized carbons (Fsp3) is 0.200. The molecule has 1 aliphatic heterocycles. The maximum atomic E-state index is 12.4. The standard InChI is InChI=1S/C20H19N5O2/c26-19(13-24-20(27)18-12-21-7-8-22-18)25-9-5-14(6-10-25)16-11-23-17-4-2-1-3-15(16)17/h1-5,7-8,11-12,23H,6,9-10,13H2,(H,24,27). The molecule has 3 aromatic rings. The van der Waals surface area contributed by atoms with Gasteiger partial charge in [-0.1, -0.05) is 24.3 Å². The molecule has 0 fully saturated rings. The molecule has 0 saturated carbocycles. The van der Waals surface area contributed by atoms with E-state index in [0.29, 0.717) is 13.1 Å². The van der Waals surface area contributed by atoms with Gasteiger partial charge in [-0.3, -0.25) is 14.6 Å². The smallest absolute Gasteiger partial charge is 0.271 e. The maximum Gasteiger partial charge on any atom is 0.271 e. The Kier molecular flexibility index (Phi) is 4.65. The Labute approximate surface area is 156 Å². The van der Waals surface area contributed by atoms with Crippen molar-refractivity contribution in [2.45, 2.75) is 6.42 Å². The molecule has 0 saturated heterocycles. The molecule has 2 aromatic heterocycles. The second kappa shape index (κ2) is 7.41. The average Bonchev–Trinajstić information content (AvgIpc) is 3.16. The van der Waals surface area contributed by atoms with E-state index in [2.05, 4.69) is 38.5 Å². The van der Waals surface area contributed by atoms with Crippen molar-refractivity contribution < 1.29 is 9.59 Å². The van der Waals surface area contributed by atoms with Gasteiger partial charge in [0.15, 0.2) is 0 Å². The summed E-state index contributed by atoms with van der Waals surface area (Å²) in [6.45, 7) is 1.12.